The lowest BCUT2D eigenvalue weighted by molar-refractivity contribution is 0.0538. The molecule has 1 aromatic carbocycles. The normalized spacial score (nSPS) is 11.0. The number of halogens is 1. The predicted molar refractivity (Wildman–Crippen MR) is 96.2 cm³/mol. The molecule has 0 radical (unpaired) electrons. The zero-order valence-electron chi connectivity index (χ0n) is 14.2. The molecule has 0 spiro atoms. The number of nitrogens with one attached hydrogen (secondary N) is 1. The maximum absolute atomic E-state index is 14.4. The van der Waals surface area contributed by atoms with Crippen LogP contribution in [-0.4, -0.2) is 28.8 Å². The molecule has 0 unspecified atom stereocenters. The van der Waals surface area contributed by atoms with Gasteiger partial charge >= 0.3 is 0 Å². The number of benzene rings is 1. The standard InChI is InChI=1S/C18H18FN3O2S/c1-22-15(9-11-6-7-12(25-3)10-14(11)19)16(18(23)21-24-2)13-5-4-8-20-17(13)22/h4-8,10H,9H2,1-3H3,(H,21,23). The topological polar surface area (TPSA) is 56.1 Å². The van der Waals surface area contributed by atoms with Crippen LogP contribution in [0.2, 0.25) is 0 Å². The molecular weight excluding hydrogens is 341 g/mol. The van der Waals surface area contributed by atoms with Gasteiger partial charge in [-0.05, 0) is 36.1 Å². The van der Waals surface area contributed by atoms with Crippen molar-refractivity contribution in [3.05, 3.63) is 59.2 Å². The molecule has 0 aliphatic heterocycles. The van der Waals surface area contributed by atoms with E-state index in [0.29, 0.717) is 27.9 Å². The Kier molecular flexibility index (Phi) is 5.06. The minimum atomic E-state index is -0.378. The van der Waals surface area contributed by atoms with Crippen LogP contribution in [0.3, 0.4) is 0 Å². The van der Waals surface area contributed by atoms with Gasteiger partial charge in [-0.1, -0.05) is 6.07 Å². The number of hydrogen-bond donors (Lipinski definition) is 1. The van der Waals surface area contributed by atoms with E-state index < -0.39 is 0 Å². The number of carbonyl (C=O) groups excluding carboxylic acids is 1. The summed E-state index contributed by atoms with van der Waals surface area (Å²) in [5, 5.41) is 0.704. The average molecular weight is 359 g/mol. The molecule has 0 aliphatic carbocycles. The Morgan fingerprint density at radius 1 is 1.40 bits per heavy atom. The summed E-state index contributed by atoms with van der Waals surface area (Å²) in [6.07, 6.45) is 3.84. The van der Waals surface area contributed by atoms with Crippen LogP contribution in [0, 0.1) is 5.82 Å². The number of amides is 1. The summed E-state index contributed by atoms with van der Waals surface area (Å²) < 4.78 is 16.2. The van der Waals surface area contributed by atoms with Crippen molar-refractivity contribution in [1.82, 2.24) is 15.0 Å². The third kappa shape index (κ3) is 3.25. The second kappa shape index (κ2) is 7.25. The molecule has 2 aromatic heterocycles. The minimum Gasteiger partial charge on any atom is -0.332 e. The number of pyridine rings is 1. The van der Waals surface area contributed by atoms with Gasteiger partial charge in [0.25, 0.3) is 5.91 Å². The van der Waals surface area contributed by atoms with Gasteiger partial charge in [0.1, 0.15) is 11.5 Å². The summed E-state index contributed by atoms with van der Waals surface area (Å²) in [5.74, 6) is -0.666. The summed E-state index contributed by atoms with van der Waals surface area (Å²) >= 11 is 1.48. The maximum atomic E-state index is 14.4. The largest absolute Gasteiger partial charge is 0.332 e. The fourth-order valence-electron chi connectivity index (χ4n) is 2.89. The van der Waals surface area contributed by atoms with Crippen molar-refractivity contribution >= 4 is 28.7 Å². The molecule has 130 valence electrons. The van der Waals surface area contributed by atoms with Crippen molar-refractivity contribution in [3.63, 3.8) is 0 Å². The number of aromatic nitrogens is 2. The molecular formula is C18H18FN3O2S. The van der Waals surface area contributed by atoms with Gasteiger partial charge in [-0.15, -0.1) is 11.8 Å². The van der Waals surface area contributed by atoms with Crippen molar-refractivity contribution in [3.8, 4) is 0 Å². The lowest BCUT2D eigenvalue weighted by Gasteiger charge is -2.09. The summed E-state index contributed by atoms with van der Waals surface area (Å²) in [7, 11) is 3.20. The average Bonchev–Trinajstić information content (AvgIpc) is 2.89. The van der Waals surface area contributed by atoms with Gasteiger partial charge in [-0.2, -0.15) is 0 Å². The van der Waals surface area contributed by atoms with Crippen LogP contribution in [-0.2, 0) is 18.3 Å². The molecule has 25 heavy (non-hydrogen) atoms. The van der Waals surface area contributed by atoms with Gasteiger partial charge in [0.15, 0.2) is 0 Å². The van der Waals surface area contributed by atoms with Crippen molar-refractivity contribution < 1.29 is 14.0 Å². The van der Waals surface area contributed by atoms with Gasteiger partial charge in [0.05, 0.1) is 12.7 Å². The first-order chi connectivity index (χ1) is 12.1. The predicted octanol–water partition coefficient (Wildman–Crippen LogP) is 3.32. The lowest BCUT2D eigenvalue weighted by atomic mass is 10.0. The van der Waals surface area contributed by atoms with E-state index in [1.54, 1.807) is 18.3 Å². The Balaban J connectivity index is 2.13. The number of thioether (sulfide) groups is 1. The van der Waals surface area contributed by atoms with Crippen molar-refractivity contribution in [2.75, 3.05) is 13.4 Å². The molecule has 0 saturated carbocycles. The number of carbonyl (C=O) groups is 1. The molecule has 1 N–H and O–H groups in total. The summed E-state index contributed by atoms with van der Waals surface area (Å²) in [6, 6.07) is 8.73. The Hall–Kier alpha value is -2.38. The van der Waals surface area contributed by atoms with Gasteiger partial charge in [0.2, 0.25) is 0 Å². The van der Waals surface area contributed by atoms with Crippen molar-refractivity contribution in [2.45, 2.75) is 11.3 Å². The second-order valence-corrected chi connectivity index (χ2v) is 6.40. The van der Waals surface area contributed by atoms with Gasteiger partial charge in [-0.3, -0.25) is 9.63 Å². The Morgan fingerprint density at radius 2 is 2.20 bits per heavy atom. The number of hydroxylamine groups is 1. The minimum absolute atomic E-state index is 0.278. The van der Waals surface area contributed by atoms with Crippen LogP contribution >= 0.6 is 11.8 Å². The first-order valence-electron chi connectivity index (χ1n) is 7.64. The highest BCUT2D eigenvalue weighted by Crippen LogP contribution is 2.27. The first kappa shape index (κ1) is 17.4. The molecule has 5 nitrogen and oxygen atoms in total. The van der Waals surface area contributed by atoms with Crippen LogP contribution in [0.25, 0.3) is 11.0 Å². The fourth-order valence-corrected chi connectivity index (χ4v) is 3.32. The summed E-state index contributed by atoms with van der Waals surface area (Å²) in [4.78, 5) is 22.5. The fraction of sp³-hybridized carbons (Fsp3) is 0.222. The molecule has 0 atom stereocenters. The van der Waals surface area contributed by atoms with E-state index in [4.69, 9.17) is 4.84 Å². The van der Waals surface area contributed by atoms with Crippen molar-refractivity contribution in [2.24, 2.45) is 7.05 Å². The Morgan fingerprint density at radius 3 is 2.88 bits per heavy atom. The molecule has 3 rings (SSSR count). The van der Waals surface area contributed by atoms with Crippen molar-refractivity contribution in [1.29, 1.82) is 0 Å². The molecule has 3 aromatic rings. The SMILES string of the molecule is CONC(=O)c1c(Cc2ccc(SC)cc2F)n(C)c2ncccc12. The van der Waals surface area contributed by atoms with E-state index >= 15 is 0 Å². The highest BCUT2D eigenvalue weighted by Gasteiger charge is 2.22. The van der Waals surface area contributed by atoms with E-state index in [0.717, 1.165) is 4.90 Å². The number of aryl methyl sites for hydroxylation is 1. The number of hydrogen-bond acceptors (Lipinski definition) is 4. The molecule has 7 heteroatoms. The summed E-state index contributed by atoms with van der Waals surface area (Å²) in [6.45, 7) is 0. The molecule has 0 fully saturated rings. The van der Waals surface area contributed by atoms with Crippen LogP contribution in [0.15, 0.2) is 41.4 Å². The third-order valence-corrected chi connectivity index (χ3v) is 4.83. The van der Waals surface area contributed by atoms with E-state index in [2.05, 4.69) is 10.5 Å². The highest BCUT2D eigenvalue weighted by molar-refractivity contribution is 7.98. The van der Waals surface area contributed by atoms with Crippen LogP contribution in [0.5, 0.6) is 0 Å². The van der Waals surface area contributed by atoms with Crippen LogP contribution < -0.4 is 5.48 Å². The van der Waals surface area contributed by atoms with Crippen LogP contribution in [0.1, 0.15) is 21.6 Å². The summed E-state index contributed by atoms with van der Waals surface area (Å²) in [5.41, 5.74) is 4.66. The molecule has 0 aliphatic rings. The quantitative estimate of drug-likeness (QED) is 0.561. The zero-order valence-corrected chi connectivity index (χ0v) is 15.0. The van der Waals surface area contributed by atoms with E-state index in [-0.39, 0.29) is 18.1 Å². The molecule has 1 amide bonds. The first-order valence-corrected chi connectivity index (χ1v) is 8.87. The van der Waals surface area contributed by atoms with E-state index in [9.17, 15) is 9.18 Å². The van der Waals surface area contributed by atoms with Gasteiger partial charge in [-0.25, -0.2) is 14.9 Å². The molecule has 0 saturated heterocycles. The highest BCUT2D eigenvalue weighted by atomic mass is 32.2. The maximum Gasteiger partial charge on any atom is 0.277 e. The molecule has 0 bridgehead atoms. The number of nitrogens with zero attached hydrogens (tertiary/aromatic N) is 2. The Bertz CT molecular complexity index is 939. The number of fused-ring (bicyclic) bond motifs is 1. The van der Waals surface area contributed by atoms with Gasteiger partial charge < -0.3 is 4.57 Å². The monoisotopic (exact) mass is 359 g/mol. The van der Waals surface area contributed by atoms with E-state index in [1.165, 1.54) is 24.9 Å². The van der Waals surface area contributed by atoms with Crippen LogP contribution in [0.4, 0.5) is 4.39 Å². The molecule has 2 heterocycles. The third-order valence-electron chi connectivity index (χ3n) is 4.11. The Labute approximate surface area is 149 Å². The van der Waals surface area contributed by atoms with Gasteiger partial charge in [0, 0.05) is 35.6 Å². The number of rotatable bonds is 5. The smallest absolute Gasteiger partial charge is 0.277 e. The zero-order chi connectivity index (χ0) is 18.0. The lowest BCUT2D eigenvalue weighted by Crippen LogP contribution is -2.23. The van der Waals surface area contributed by atoms with E-state index in [1.807, 2.05) is 30.0 Å². The second-order valence-electron chi connectivity index (χ2n) is 5.52.